The highest BCUT2D eigenvalue weighted by molar-refractivity contribution is 6.15. The molecule has 0 aliphatic carbocycles. The molecule has 0 aliphatic heterocycles. The Bertz CT molecular complexity index is 2900. The fourth-order valence-electron chi connectivity index (χ4n) is 6.24. The highest BCUT2D eigenvalue weighted by Gasteiger charge is 2.23. The minimum atomic E-state index is -1.00. The van der Waals surface area contributed by atoms with Gasteiger partial charge in [-0.1, -0.05) is 55.1 Å². The number of hydrogen-bond donors (Lipinski definition) is 4. The molecule has 6 rings (SSSR count). The van der Waals surface area contributed by atoms with Crippen molar-refractivity contribution in [3.63, 3.8) is 0 Å². The molecular formula is C50H40N4O11. The zero-order valence-corrected chi connectivity index (χ0v) is 35.0. The van der Waals surface area contributed by atoms with Crippen molar-refractivity contribution in [2.24, 2.45) is 0 Å². The molecule has 0 unspecified atom stereocenters. The van der Waals surface area contributed by atoms with Gasteiger partial charge in [0.15, 0.2) is 24.8 Å². The average molecular weight is 873 g/mol. The van der Waals surface area contributed by atoms with Gasteiger partial charge in [0.2, 0.25) is 0 Å². The Morgan fingerprint density at radius 3 is 1.40 bits per heavy atom. The van der Waals surface area contributed by atoms with E-state index in [4.69, 9.17) is 14.2 Å². The summed E-state index contributed by atoms with van der Waals surface area (Å²) in [6, 6.07) is 31.5. The summed E-state index contributed by atoms with van der Waals surface area (Å²) in [4.78, 5) is 102. The van der Waals surface area contributed by atoms with Gasteiger partial charge >= 0.3 is 11.9 Å². The molecule has 0 atom stereocenters. The van der Waals surface area contributed by atoms with Crippen LogP contribution < -0.4 is 26.0 Å². The van der Waals surface area contributed by atoms with Crippen LogP contribution >= 0.6 is 0 Å². The summed E-state index contributed by atoms with van der Waals surface area (Å²) in [6.45, 7) is 7.41. The van der Waals surface area contributed by atoms with Gasteiger partial charge < -0.3 is 35.5 Å². The number of fused-ring (bicyclic) bond motifs is 1. The highest BCUT2D eigenvalue weighted by Crippen LogP contribution is 2.32. The number of nitrogens with one attached hydrogen (secondary N) is 4. The molecule has 0 radical (unpaired) electrons. The molecule has 0 aliphatic rings. The number of ketones is 2. The summed E-state index contributed by atoms with van der Waals surface area (Å²) >= 11 is 0. The Morgan fingerprint density at radius 1 is 0.508 bits per heavy atom. The summed E-state index contributed by atoms with van der Waals surface area (Å²) in [5, 5.41) is 12.4. The van der Waals surface area contributed by atoms with Crippen molar-refractivity contribution in [3.8, 4) is 11.5 Å². The van der Waals surface area contributed by atoms with Crippen LogP contribution in [0.15, 0.2) is 147 Å². The van der Waals surface area contributed by atoms with Crippen LogP contribution in [0.3, 0.4) is 0 Å². The number of carbonyl (C=O) groups excluding carboxylic acids is 8. The maximum atomic E-state index is 13.8. The molecule has 0 fully saturated rings. The van der Waals surface area contributed by atoms with E-state index in [1.54, 1.807) is 24.3 Å². The van der Waals surface area contributed by atoms with Crippen LogP contribution in [0.4, 0.5) is 17.1 Å². The first kappa shape index (κ1) is 45.5. The molecule has 0 aromatic heterocycles. The Kier molecular flexibility index (Phi) is 14.5. The third-order valence-electron chi connectivity index (χ3n) is 9.66. The predicted octanol–water partition coefficient (Wildman–Crippen LogP) is 7.88. The van der Waals surface area contributed by atoms with Crippen LogP contribution in [0.1, 0.15) is 67.7 Å². The maximum Gasteiger partial charge on any atom is 0.339 e. The topological polar surface area (TPSA) is 212 Å². The van der Waals surface area contributed by atoms with E-state index in [1.807, 2.05) is 43.3 Å². The van der Waals surface area contributed by atoms with Crippen molar-refractivity contribution in [2.75, 3.05) is 36.2 Å². The molecular weight excluding hydrogens is 833 g/mol. The van der Waals surface area contributed by atoms with Crippen molar-refractivity contribution in [1.29, 1.82) is 0 Å². The van der Waals surface area contributed by atoms with Crippen molar-refractivity contribution in [2.45, 2.75) is 6.92 Å². The average Bonchev–Trinajstić information content (AvgIpc) is 3.32. The summed E-state index contributed by atoms with van der Waals surface area (Å²) in [6.07, 6.45) is 1.97. The van der Waals surface area contributed by atoms with Crippen LogP contribution in [-0.4, -0.2) is 67.4 Å². The molecule has 0 bridgehead atoms. The van der Waals surface area contributed by atoms with E-state index in [1.165, 1.54) is 67.7 Å². The van der Waals surface area contributed by atoms with Crippen LogP contribution in [0, 0.1) is 6.92 Å². The quantitative estimate of drug-likeness (QED) is 0.0511. The van der Waals surface area contributed by atoms with Crippen LogP contribution in [0.5, 0.6) is 11.5 Å². The Hall–Kier alpha value is -8.98. The van der Waals surface area contributed by atoms with E-state index in [2.05, 4.69) is 34.4 Å². The first-order valence-electron chi connectivity index (χ1n) is 19.7. The highest BCUT2D eigenvalue weighted by atomic mass is 16.5. The minimum Gasteiger partial charge on any atom is -0.457 e. The molecule has 326 valence electrons. The molecule has 65 heavy (non-hydrogen) atoms. The lowest BCUT2D eigenvalue weighted by Gasteiger charge is -2.15. The van der Waals surface area contributed by atoms with E-state index >= 15 is 0 Å². The van der Waals surface area contributed by atoms with Gasteiger partial charge in [-0.15, -0.1) is 0 Å². The second kappa shape index (κ2) is 20.7. The van der Waals surface area contributed by atoms with Gasteiger partial charge in [-0.2, -0.15) is 0 Å². The largest absolute Gasteiger partial charge is 0.457 e. The van der Waals surface area contributed by atoms with Gasteiger partial charge in [0.05, 0.1) is 22.3 Å². The van der Waals surface area contributed by atoms with Gasteiger partial charge in [-0.05, 0) is 104 Å². The van der Waals surface area contributed by atoms with E-state index in [9.17, 15) is 38.4 Å². The van der Waals surface area contributed by atoms with Crippen LogP contribution in [0.25, 0.3) is 10.8 Å². The molecule has 0 heterocycles. The predicted molar refractivity (Wildman–Crippen MR) is 243 cm³/mol. The second-order valence-corrected chi connectivity index (χ2v) is 14.1. The van der Waals surface area contributed by atoms with Crippen LogP contribution in [-0.2, 0) is 19.1 Å². The number of hydrogen-bond acceptors (Lipinski definition) is 11. The van der Waals surface area contributed by atoms with E-state index in [-0.39, 0.29) is 50.9 Å². The maximum absolute atomic E-state index is 13.8. The second-order valence-electron chi connectivity index (χ2n) is 14.1. The summed E-state index contributed by atoms with van der Waals surface area (Å²) in [5.41, 5.74) is 2.31. The molecule has 15 heteroatoms. The first-order valence-corrected chi connectivity index (χ1v) is 19.7. The molecule has 4 amide bonds. The fraction of sp³-hybridized carbons (Fsp3) is 0.0800. The number of esters is 2. The third-order valence-corrected chi connectivity index (χ3v) is 9.66. The zero-order valence-electron chi connectivity index (χ0n) is 35.0. The Balaban J connectivity index is 1.20. The summed E-state index contributed by atoms with van der Waals surface area (Å²) in [5.74, 6) is -5.21. The molecule has 6 aromatic carbocycles. The molecule has 4 N–H and O–H groups in total. The number of carbonyl (C=O) groups is 8. The Morgan fingerprint density at radius 2 is 0.954 bits per heavy atom. The number of ether oxygens (including phenoxy) is 3. The summed E-state index contributed by atoms with van der Waals surface area (Å²) in [7, 11) is 1.35. The monoisotopic (exact) mass is 872 g/mol. The number of rotatable bonds is 17. The van der Waals surface area contributed by atoms with Crippen molar-refractivity contribution >= 4 is 75.0 Å². The number of anilines is 3. The molecule has 0 saturated heterocycles. The lowest BCUT2D eigenvalue weighted by Crippen LogP contribution is -2.22. The standard InChI is InChI=1S/C50H40N4O11/c1-5-33(55)27-63-49(61)39-21-19-35(25-41(39)47(59)51-4)65-36-20-22-40(50(62)64-28-34(56)6-2)42(26-36)48(60)52-32-17-15-31(16-18-32)46(58)54-44-24-23-43(37-9-7-8-10-38(37)44)53-45(57)30-13-11-29(3)12-14-30/h5-26H,1-2,27-28H2,3-4H3,(H,51,59)(H,52,60)(H,53,57)(H,54,58). The smallest absolute Gasteiger partial charge is 0.339 e. The van der Waals surface area contributed by atoms with Crippen LogP contribution in [0.2, 0.25) is 0 Å². The fourth-order valence-corrected chi connectivity index (χ4v) is 6.24. The van der Waals surface area contributed by atoms with Gasteiger partial charge in [-0.3, -0.25) is 28.8 Å². The normalized spacial score (nSPS) is 10.4. The van der Waals surface area contributed by atoms with Gasteiger partial charge in [0.1, 0.15) is 11.5 Å². The SMILES string of the molecule is C=CC(=O)COC(=O)c1ccc(Oc2ccc(C(=O)OCC(=O)C=C)c(C(=O)Nc3ccc(C(=O)Nc4ccc(NC(=O)c5ccc(C)cc5)c5ccccc45)cc3)c2)cc1C(=O)NC. The van der Waals surface area contributed by atoms with Crippen molar-refractivity contribution < 1.29 is 52.6 Å². The van der Waals surface area contributed by atoms with Crippen molar-refractivity contribution in [3.05, 3.63) is 186 Å². The number of amides is 4. The molecule has 15 nitrogen and oxygen atoms in total. The molecule has 0 spiro atoms. The first-order chi connectivity index (χ1) is 31.3. The van der Waals surface area contributed by atoms with Gasteiger partial charge in [0, 0.05) is 46.0 Å². The summed E-state index contributed by atoms with van der Waals surface area (Å²) < 4.78 is 16.1. The van der Waals surface area contributed by atoms with E-state index < -0.39 is 54.4 Å². The van der Waals surface area contributed by atoms with Gasteiger partial charge in [0.25, 0.3) is 23.6 Å². The number of aryl methyl sites for hydroxylation is 1. The third kappa shape index (κ3) is 11.3. The number of benzene rings is 6. The van der Waals surface area contributed by atoms with E-state index in [0.717, 1.165) is 17.7 Å². The van der Waals surface area contributed by atoms with Crippen molar-refractivity contribution in [1.82, 2.24) is 5.32 Å². The van der Waals surface area contributed by atoms with Gasteiger partial charge in [-0.25, -0.2) is 9.59 Å². The van der Waals surface area contributed by atoms with E-state index in [0.29, 0.717) is 27.7 Å². The molecule has 6 aromatic rings. The lowest BCUT2D eigenvalue weighted by molar-refractivity contribution is -0.118. The lowest BCUT2D eigenvalue weighted by atomic mass is 10.0. The molecule has 0 saturated carbocycles. The zero-order chi connectivity index (χ0) is 46.6. The minimum absolute atomic E-state index is 0.0184. The Labute approximate surface area is 372 Å².